The predicted octanol–water partition coefficient (Wildman–Crippen LogP) is 3.02. The SMILES string of the molecule is CC(C)OCC(=O)Cc1ccc(F)cc1Cl. The Hall–Kier alpha value is -0.930. The first-order chi connectivity index (χ1) is 7.49. The van der Waals surface area contributed by atoms with Crippen molar-refractivity contribution in [1.82, 2.24) is 0 Å². The fraction of sp³-hybridized carbons (Fsp3) is 0.417. The van der Waals surface area contributed by atoms with E-state index in [9.17, 15) is 9.18 Å². The molecule has 0 heterocycles. The van der Waals surface area contributed by atoms with Gasteiger partial charge in [-0.25, -0.2) is 4.39 Å². The highest BCUT2D eigenvalue weighted by Gasteiger charge is 2.09. The molecule has 1 rings (SSSR count). The lowest BCUT2D eigenvalue weighted by Gasteiger charge is -2.07. The number of Topliss-reactive ketones (excluding diaryl/α,β-unsaturated/α-hetero) is 1. The Morgan fingerprint density at radius 3 is 2.75 bits per heavy atom. The molecule has 0 fully saturated rings. The molecule has 0 atom stereocenters. The zero-order valence-corrected chi connectivity index (χ0v) is 10.1. The van der Waals surface area contributed by atoms with Crippen LogP contribution in [-0.4, -0.2) is 18.5 Å². The number of hydrogen-bond donors (Lipinski definition) is 0. The summed E-state index contributed by atoms with van der Waals surface area (Å²) in [5.41, 5.74) is 0.625. The highest BCUT2D eigenvalue weighted by atomic mass is 35.5. The summed E-state index contributed by atoms with van der Waals surface area (Å²) in [6.45, 7) is 3.78. The standard InChI is InChI=1S/C12H14ClFO2/c1-8(2)16-7-11(15)5-9-3-4-10(14)6-12(9)13/h3-4,6,8H,5,7H2,1-2H3. The van der Waals surface area contributed by atoms with Gasteiger partial charge in [-0.15, -0.1) is 0 Å². The molecule has 0 amide bonds. The third-order valence-electron chi connectivity index (χ3n) is 1.98. The molecule has 0 radical (unpaired) electrons. The average Bonchev–Trinajstić information content (AvgIpc) is 2.19. The van der Waals surface area contributed by atoms with Crippen molar-refractivity contribution in [2.45, 2.75) is 26.4 Å². The number of carbonyl (C=O) groups is 1. The second-order valence-electron chi connectivity index (χ2n) is 3.81. The van der Waals surface area contributed by atoms with Crippen molar-refractivity contribution < 1.29 is 13.9 Å². The lowest BCUT2D eigenvalue weighted by molar-refractivity contribution is -0.124. The van der Waals surface area contributed by atoms with E-state index in [1.165, 1.54) is 18.2 Å². The molecular formula is C12H14ClFO2. The third-order valence-corrected chi connectivity index (χ3v) is 2.33. The van der Waals surface area contributed by atoms with Gasteiger partial charge in [-0.1, -0.05) is 17.7 Å². The van der Waals surface area contributed by atoms with Crippen LogP contribution in [0.5, 0.6) is 0 Å². The second kappa shape index (κ2) is 5.97. The van der Waals surface area contributed by atoms with Gasteiger partial charge in [-0.2, -0.15) is 0 Å². The van der Waals surface area contributed by atoms with E-state index in [0.717, 1.165) is 0 Å². The zero-order valence-electron chi connectivity index (χ0n) is 9.30. The quantitative estimate of drug-likeness (QED) is 0.796. The van der Waals surface area contributed by atoms with Crippen molar-refractivity contribution >= 4 is 17.4 Å². The van der Waals surface area contributed by atoms with E-state index in [4.69, 9.17) is 16.3 Å². The first-order valence-electron chi connectivity index (χ1n) is 5.06. The van der Waals surface area contributed by atoms with E-state index in [2.05, 4.69) is 0 Å². The molecule has 0 N–H and O–H groups in total. The van der Waals surface area contributed by atoms with Crippen LogP contribution >= 0.6 is 11.6 Å². The molecule has 1 aromatic carbocycles. The molecule has 88 valence electrons. The van der Waals surface area contributed by atoms with Gasteiger partial charge in [0, 0.05) is 11.4 Å². The lowest BCUT2D eigenvalue weighted by Crippen LogP contribution is -2.15. The minimum atomic E-state index is -0.403. The Morgan fingerprint density at radius 2 is 2.19 bits per heavy atom. The zero-order chi connectivity index (χ0) is 12.1. The molecular weight excluding hydrogens is 231 g/mol. The Balaban J connectivity index is 2.56. The summed E-state index contributed by atoms with van der Waals surface area (Å²) < 4.78 is 17.9. The number of rotatable bonds is 5. The maximum atomic E-state index is 12.7. The first kappa shape index (κ1) is 13.1. The third kappa shape index (κ3) is 4.29. The van der Waals surface area contributed by atoms with E-state index in [-0.39, 0.29) is 29.9 Å². The average molecular weight is 245 g/mol. The van der Waals surface area contributed by atoms with Gasteiger partial charge in [-0.3, -0.25) is 4.79 Å². The molecule has 2 nitrogen and oxygen atoms in total. The van der Waals surface area contributed by atoms with Crippen molar-refractivity contribution in [2.75, 3.05) is 6.61 Å². The van der Waals surface area contributed by atoms with E-state index >= 15 is 0 Å². The Morgan fingerprint density at radius 1 is 1.50 bits per heavy atom. The molecule has 16 heavy (non-hydrogen) atoms. The number of ether oxygens (including phenoxy) is 1. The minimum absolute atomic E-state index is 0.0210. The van der Waals surface area contributed by atoms with Crippen LogP contribution < -0.4 is 0 Å². The Kier molecular flexibility index (Phi) is 4.90. The predicted molar refractivity (Wildman–Crippen MR) is 61.2 cm³/mol. The first-order valence-corrected chi connectivity index (χ1v) is 5.44. The van der Waals surface area contributed by atoms with Gasteiger partial charge < -0.3 is 4.74 Å². The van der Waals surface area contributed by atoms with Gasteiger partial charge in [-0.05, 0) is 31.5 Å². The van der Waals surface area contributed by atoms with Crippen LogP contribution in [-0.2, 0) is 16.0 Å². The van der Waals surface area contributed by atoms with Gasteiger partial charge in [0.25, 0.3) is 0 Å². The van der Waals surface area contributed by atoms with Crippen LogP contribution in [0.4, 0.5) is 4.39 Å². The van der Waals surface area contributed by atoms with Crippen LogP contribution in [0, 0.1) is 5.82 Å². The van der Waals surface area contributed by atoms with Crippen molar-refractivity contribution in [2.24, 2.45) is 0 Å². The van der Waals surface area contributed by atoms with Gasteiger partial charge in [0.05, 0.1) is 6.10 Å². The summed E-state index contributed by atoms with van der Waals surface area (Å²) in [5.74, 6) is -0.471. The van der Waals surface area contributed by atoms with E-state index in [0.29, 0.717) is 5.56 Å². The van der Waals surface area contributed by atoms with Crippen molar-refractivity contribution in [3.05, 3.63) is 34.6 Å². The topological polar surface area (TPSA) is 26.3 Å². The lowest BCUT2D eigenvalue weighted by atomic mass is 10.1. The molecule has 4 heteroatoms. The fourth-order valence-corrected chi connectivity index (χ4v) is 1.42. The molecule has 0 bridgehead atoms. The highest BCUT2D eigenvalue weighted by molar-refractivity contribution is 6.31. The summed E-state index contributed by atoms with van der Waals surface area (Å²) >= 11 is 5.80. The molecule has 0 saturated carbocycles. The number of benzene rings is 1. The number of halogens is 2. The normalized spacial score (nSPS) is 10.8. The van der Waals surface area contributed by atoms with Crippen LogP contribution in [0.15, 0.2) is 18.2 Å². The summed E-state index contributed by atoms with van der Waals surface area (Å²) in [4.78, 5) is 11.5. The molecule has 1 aromatic rings. The van der Waals surface area contributed by atoms with E-state index in [1.54, 1.807) is 0 Å². The number of hydrogen-bond acceptors (Lipinski definition) is 2. The van der Waals surface area contributed by atoms with Gasteiger partial charge in [0.15, 0.2) is 5.78 Å². The second-order valence-corrected chi connectivity index (χ2v) is 4.22. The Bertz CT molecular complexity index is 377. The molecule has 0 aliphatic rings. The smallest absolute Gasteiger partial charge is 0.162 e. The molecule has 0 aliphatic heterocycles. The summed E-state index contributed by atoms with van der Waals surface area (Å²) in [5, 5.41) is 0.276. The van der Waals surface area contributed by atoms with Crippen molar-refractivity contribution in [1.29, 1.82) is 0 Å². The summed E-state index contributed by atoms with van der Waals surface area (Å²) in [7, 11) is 0. The maximum absolute atomic E-state index is 12.7. The number of carbonyl (C=O) groups excluding carboxylic acids is 1. The van der Waals surface area contributed by atoms with Crippen LogP contribution in [0.25, 0.3) is 0 Å². The minimum Gasteiger partial charge on any atom is -0.371 e. The van der Waals surface area contributed by atoms with Crippen LogP contribution in [0.2, 0.25) is 5.02 Å². The molecule has 0 aliphatic carbocycles. The van der Waals surface area contributed by atoms with E-state index in [1.807, 2.05) is 13.8 Å². The largest absolute Gasteiger partial charge is 0.371 e. The fourth-order valence-electron chi connectivity index (χ4n) is 1.19. The van der Waals surface area contributed by atoms with Crippen LogP contribution in [0.3, 0.4) is 0 Å². The molecule has 0 spiro atoms. The summed E-state index contributed by atoms with van der Waals surface area (Å²) in [6.07, 6.45) is 0.193. The van der Waals surface area contributed by atoms with Gasteiger partial charge in [0.2, 0.25) is 0 Å². The van der Waals surface area contributed by atoms with Gasteiger partial charge >= 0.3 is 0 Å². The van der Waals surface area contributed by atoms with Crippen LogP contribution in [0.1, 0.15) is 19.4 Å². The highest BCUT2D eigenvalue weighted by Crippen LogP contribution is 2.17. The monoisotopic (exact) mass is 244 g/mol. The van der Waals surface area contributed by atoms with E-state index < -0.39 is 5.82 Å². The maximum Gasteiger partial charge on any atom is 0.162 e. The molecule has 0 unspecified atom stereocenters. The number of ketones is 1. The van der Waals surface area contributed by atoms with Crippen molar-refractivity contribution in [3.63, 3.8) is 0 Å². The summed E-state index contributed by atoms with van der Waals surface area (Å²) in [6, 6.07) is 4.01. The Labute approximate surface area is 99.4 Å². The van der Waals surface area contributed by atoms with Gasteiger partial charge in [0.1, 0.15) is 12.4 Å². The molecule has 0 saturated heterocycles. The van der Waals surface area contributed by atoms with Crippen molar-refractivity contribution in [3.8, 4) is 0 Å². The molecule has 0 aromatic heterocycles.